The van der Waals surface area contributed by atoms with Gasteiger partial charge in [-0.2, -0.15) is 0 Å². The van der Waals surface area contributed by atoms with E-state index in [0.29, 0.717) is 30.6 Å². The van der Waals surface area contributed by atoms with Gasteiger partial charge in [0.1, 0.15) is 19.0 Å². The number of Topliss-reactive ketones (excluding diaryl/α,β-unsaturated/α-hetero) is 1. The smallest absolute Gasteiger partial charge is 0.166 e. The molecule has 3 aromatic carbocycles. The van der Waals surface area contributed by atoms with Crippen molar-refractivity contribution in [3.63, 3.8) is 0 Å². The average Bonchev–Trinajstić information content (AvgIpc) is 3.29. The first-order valence-corrected chi connectivity index (χ1v) is 14.2. The number of carbonyl (C=O) groups excluding carboxylic acids is 1. The van der Waals surface area contributed by atoms with E-state index in [0.717, 1.165) is 67.8 Å². The molecule has 1 aliphatic heterocycles. The van der Waals surface area contributed by atoms with Gasteiger partial charge in [0, 0.05) is 29.8 Å². The average molecular weight is 539 g/mol. The van der Waals surface area contributed by atoms with E-state index in [1.54, 1.807) is 13.2 Å². The normalized spacial score (nSPS) is 17.6. The largest absolute Gasteiger partial charge is 0.493 e. The van der Waals surface area contributed by atoms with Crippen LogP contribution in [0.25, 0.3) is 6.08 Å². The number of benzene rings is 3. The third-order valence-electron chi connectivity index (χ3n) is 7.96. The first-order valence-electron chi connectivity index (χ1n) is 14.2. The van der Waals surface area contributed by atoms with Crippen LogP contribution in [0.3, 0.4) is 0 Å². The fourth-order valence-corrected chi connectivity index (χ4v) is 5.87. The zero-order chi connectivity index (χ0) is 27.7. The van der Waals surface area contributed by atoms with Crippen LogP contribution in [0, 0.1) is 17.2 Å². The molecule has 2 aliphatic rings. The minimum absolute atomic E-state index is 0.0366. The SMILES string of the molecule is COc1cc2c(cc1OCCOc1ccccc1/C=C\C=N)C(=O)C(CC1CCN(Cc3ccccc3)CC1)C2. The second-order valence-electron chi connectivity index (χ2n) is 10.6. The molecule has 1 unspecified atom stereocenters. The van der Waals surface area contributed by atoms with E-state index in [1.165, 1.54) is 11.8 Å². The third-order valence-corrected chi connectivity index (χ3v) is 7.96. The van der Waals surface area contributed by atoms with Crippen LogP contribution in [0.2, 0.25) is 0 Å². The molecule has 0 bridgehead atoms. The maximum absolute atomic E-state index is 13.4. The van der Waals surface area contributed by atoms with Gasteiger partial charge in [0.05, 0.1) is 7.11 Å². The van der Waals surface area contributed by atoms with Crippen LogP contribution in [-0.2, 0) is 13.0 Å². The maximum atomic E-state index is 13.4. The van der Waals surface area contributed by atoms with Gasteiger partial charge in [-0.05, 0) is 86.2 Å². The summed E-state index contributed by atoms with van der Waals surface area (Å²) in [5.74, 6) is 2.81. The third kappa shape index (κ3) is 6.80. The second-order valence-corrected chi connectivity index (χ2v) is 10.6. The lowest BCUT2D eigenvalue weighted by Gasteiger charge is -2.32. The molecule has 3 aromatic rings. The van der Waals surface area contributed by atoms with Crippen molar-refractivity contribution < 1.29 is 19.0 Å². The van der Waals surface area contributed by atoms with Gasteiger partial charge in [-0.3, -0.25) is 9.69 Å². The Morgan fingerprint density at radius 3 is 2.40 bits per heavy atom. The summed E-state index contributed by atoms with van der Waals surface area (Å²) in [4.78, 5) is 15.9. The molecule has 1 N–H and O–H groups in total. The van der Waals surface area contributed by atoms with Crippen LogP contribution in [0.5, 0.6) is 17.2 Å². The Hall–Kier alpha value is -3.90. The molecule has 1 saturated heterocycles. The number of piperidine rings is 1. The minimum atomic E-state index is 0.0366. The molecule has 1 aliphatic carbocycles. The number of ether oxygens (including phenoxy) is 3. The summed E-state index contributed by atoms with van der Waals surface area (Å²) in [5.41, 5.74) is 4.09. The predicted octanol–water partition coefficient (Wildman–Crippen LogP) is 6.47. The topological polar surface area (TPSA) is 71.9 Å². The molecule has 0 amide bonds. The number of likely N-dealkylation sites (tertiary alicyclic amines) is 1. The highest BCUT2D eigenvalue weighted by Crippen LogP contribution is 2.40. The highest BCUT2D eigenvalue weighted by Gasteiger charge is 2.34. The lowest BCUT2D eigenvalue weighted by molar-refractivity contribution is 0.0895. The van der Waals surface area contributed by atoms with E-state index in [4.69, 9.17) is 19.6 Å². The van der Waals surface area contributed by atoms with Crippen LogP contribution >= 0.6 is 0 Å². The Bertz CT molecular complexity index is 1330. The predicted molar refractivity (Wildman–Crippen MR) is 159 cm³/mol. The highest BCUT2D eigenvalue weighted by atomic mass is 16.5. The quantitative estimate of drug-likeness (QED) is 0.211. The number of nitrogens with zero attached hydrogens (tertiary/aromatic N) is 1. The second kappa shape index (κ2) is 13.4. The number of hydrogen-bond acceptors (Lipinski definition) is 6. The number of hydrogen-bond donors (Lipinski definition) is 1. The van der Waals surface area contributed by atoms with Crippen LogP contribution in [-0.4, -0.2) is 50.3 Å². The van der Waals surface area contributed by atoms with Crippen molar-refractivity contribution in [1.82, 2.24) is 4.90 Å². The summed E-state index contributed by atoms with van der Waals surface area (Å²) in [6, 6.07) is 22.2. The van der Waals surface area contributed by atoms with Gasteiger partial charge < -0.3 is 19.6 Å². The van der Waals surface area contributed by atoms with E-state index in [2.05, 4.69) is 35.2 Å². The zero-order valence-electron chi connectivity index (χ0n) is 23.2. The lowest BCUT2D eigenvalue weighted by atomic mass is 9.85. The Morgan fingerprint density at radius 1 is 0.925 bits per heavy atom. The maximum Gasteiger partial charge on any atom is 0.166 e. The van der Waals surface area contributed by atoms with Crippen LogP contribution in [0.1, 0.15) is 46.3 Å². The molecule has 5 rings (SSSR count). The first-order chi connectivity index (χ1) is 19.6. The fourth-order valence-electron chi connectivity index (χ4n) is 5.87. The molecule has 0 radical (unpaired) electrons. The number of para-hydroxylation sites is 1. The van der Waals surface area contributed by atoms with Crippen LogP contribution in [0.4, 0.5) is 0 Å². The van der Waals surface area contributed by atoms with Gasteiger partial charge in [-0.15, -0.1) is 0 Å². The van der Waals surface area contributed by atoms with Gasteiger partial charge in [0.25, 0.3) is 0 Å². The molecule has 0 saturated carbocycles. The van der Waals surface area contributed by atoms with Crippen molar-refractivity contribution in [3.05, 3.63) is 95.1 Å². The lowest BCUT2D eigenvalue weighted by Crippen LogP contribution is -2.34. The van der Waals surface area contributed by atoms with Crippen molar-refractivity contribution in [2.45, 2.75) is 32.2 Å². The Kier molecular flexibility index (Phi) is 9.30. The molecular weight excluding hydrogens is 500 g/mol. The summed E-state index contributed by atoms with van der Waals surface area (Å²) >= 11 is 0. The first kappa shape index (κ1) is 27.7. The van der Waals surface area contributed by atoms with Crippen molar-refractivity contribution >= 4 is 18.1 Å². The molecule has 1 heterocycles. The molecule has 1 atom stereocenters. The molecule has 208 valence electrons. The number of allylic oxidation sites excluding steroid dienone is 1. The summed E-state index contributed by atoms with van der Waals surface area (Å²) in [6.45, 7) is 3.84. The number of rotatable bonds is 12. The van der Waals surface area contributed by atoms with E-state index in [-0.39, 0.29) is 11.7 Å². The van der Waals surface area contributed by atoms with Gasteiger partial charge in [-0.1, -0.05) is 48.5 Å². The number of nitrogens with one attached hydrogen (secondary N) is 1. The van der Waals surface area contributed by atoms with Gasteiger partial charge in [-0.25, -0.2) is 0 Å². The van der Waals surface area contributed by atoms with Crippen molar-refractivity contribution in [3.8, 4) is 17.2 Å². The van der Waals surface area contributed by atoms with Crippen molar-refractivity contribution in [2.75, 3.05) is 33.4 Å². The molecule has 6 nitrogen and oxygen atoms in total. The summed E-state index contributed by atoms with van der Waals surface area (Å²) in [7, 11) is 1.63. The summed E-state index contributed by atoms with van der Waals surface area (Å²) in [6.07, 6.45) is 8.75. The standard InChI is InChI=1S/C34H38N2O4/c1-38-32-22-28-21-29(20-25-13-16-36(17-14-25)24-26-8-3-2-4-9-26)34(37)30(28)23-33(32)40-19-18-39-31-12-6-5-10-27(31)11-7-15-35/h2-12,15,22-23,25,29,35H,13-14,16-21,24H2,1H3/b11-7-,35-15?. The van der Waals surface area contributed by atoms with Gasteiger partial charge >= 0.3 is 0 Å². The fraction of sp³-hybridized carbons (Fsp3) is 0.353. The molecule has 40 heavy (non-hydrogen) atoms. The van der Waals surface area contributed by atoms with Crippen molar-refractivity contribution in [1.29, 1.82) is 5.41 Å². The molecular formula is C34H38N2O4. The summed E-state index contributed by atoms with van der Waals surface area (Å²) < 4.78 is 17.6. The van der Waals surface area contributed by atoms with Crippen LogP contribution < -0.4 is 14.2 Å². The van der Waals surface area contributed by atoms with Crippen LogP contribution in [0.15, 0.2) is 72.8 Å². The van der Waals surface area contributed by atoms with E-state index < -0.39 is 0 Å². The van der Waals surface area contributed by atoms with Gasteiger partial charge in [0.2, 0.25) is 0 Å². The van der Waals surface area contributed by atoms with E-state index in [9.17, 15) is 4.79 Å². The minimum Gasteiger partial charge on any atom is -0.493 e. The molecule has 1 fully saturated rings. The summed E-state index contributed by atoms with van der Waals surface area (Å²) in [5, 5.41) is 7.20. The molecule has 6 heteroatoms. The number of carbonyl (C=O) groups is 1. The highest BCUT2D eigenvalue weighted by molar-refractivity contribution is 6.02. The number of fused-ring (bicyclic) bond motifs is 1. The number of methoxy groups -OCH3 is 1. The van der Waals surface area contributed by atoms with E-state index in [1.807, 2.05) is 42.5 Å². The monoisotopic (exact) mass is 538 g/mol. The molecule has 0 aromatic heterocycles. The molecule has 0 spiro atoms. The zero-order valence-corrected chi connectivity index (χ0v) is 23.2. The van der Waals surface area contributed by atoms with Gasteiger partial charge in [0.15, 0.2) is 17.3 Å². The van der Waals surface area contributed by atoms with E-state index >= 15 is 0 Å². The Labute approximate surface area is 237 Å². The Morgan fingerprint density at radius 2 is 1.65 bits per heavy atom. The number of ketones is 1. The Balaban J connectivity index is 1.14. The van der Waals surface area contributed by atoms with Crippen molar-refractivity contribution in [2.24, 2.45) is 11.8 Å².